The number of nitrogens with one attached hydrogen (secondary N) is 1. The Hall–Kier alpha value is -1.92. The minimum absolute atomic E-state index is 0.0885. The molecule has 86 valence electrons. The van der Waals surface area contributed by atoms with Crippen molar-refractivity contribution in [3.63, 3.8) is 0 Å². The van der Waals surface area contributed by atoms with Crippen LogP contribution in [0.1, 0.15) is 24.6 Å². The van der Waals surface area contributed by atoms with Gasteiger partial charge in [-0.3, -0.25) is 9.59 Å². The molecule has 2 rings (SSSR count). The van der Waals surface area contributed by atoms with Crippen molar-refractivity contribution in [3.05, 3.63) is 11.7 Å². The van der Waals surface area contributed by atoms with Crippen molar-refractivity contribution in [1.29, 1.82) is 0 Å². The summed E-state index contributed by atoms with van der Waals surface area (Å²) in [5.41, 5.74) is -1.22. The van der Waals surface area contributed by atoms with Gasteiger partial charge in [0.15, 0.2) is 5.82 Å². The first kappa shape index (κ1) is 10.6. The molecule has 0 radical (unpaired) electrons. The second kappa shape index (κ2) is 3.58. The highest BCUT2D eigenvalue weighted by atomic mass is 16.5. The second-order valence-electron chi connectivity index (χ2n) is 3.80. The van der Waals surface area contributed by atoms with Crippen molar-refractivity contribution in [2.75, 3.05) is 0 Å². The average Bonchev–Trinajstić information content (AvgIpc) is 2.95. The highest BCUT2D eigenvalue weighted by molar-refractivity contribution is 6.04. The first-order valence-corrected chi connectivity index (χ1v) is 4.85. The summed E-state index contributed by atoms with van der Waals surface area (Å²) in [4.78, 5) is 26.3. The molecule has 16 heavy (non-hydrogen) atoms. The van der Waals surface area contributed by atoms with Gasteiger partial charge in [-0.05, 0) is 12.8 Å². The van der Waals surface area contributed by atoms with Gasteiger partial charge in [0.1, 0.15) is 5.41 Å². The maximum Gasteiger partial charge on any atom is 0.319 e. The fourth-order valence-corrected chi connectivity index (χ4v) is 1.40. The van der Waals surface area contributed by atoms with Gasteiger partial charge in [0.05, 0.1) is 6.54 Å². The van der Waals surface area contributed by atoms with Crippen LogP contribution in [0.3, 0.4) is 0 Å². The molecule has 1 aliphatic carbocycles. The summed E-state index contributed by atoms with van der Waals surface area (Å²) in [5.74, 6) is -0.813. The van der Waals surface area contributed by atoms with Crippen LogP contribution in [0, 0.1) is 12.3 Å². The lowest BCUT2D eigenvalue weighted by Gasteiger charge is -2.08. The highest BCUT2D eigenvalue weighted by Crippen LogP contribution is 2.46. The quantitative estimate of drug-likeness (QED) is 0.691. The van der Waals surface area contributed by atoms with E-state index in [4.69, 9.17) is 9.63 Å². The fraction of sp³-hybridized carbons (Fsp3) is 0.556. The van der Waals surface area contributed by atoms with Gasteiger partial charge in [-0.2, -0.15) is 4.98 Å². The van der Waals surface area contributed by atoms with E-state index in [9.17, 15) is 9.59 Å². The summed E-state index contributed by atoms with van der Waals surface area (Å²) in [5, 5.41) is 14.9. The van der Waals surface area contributed by atoms with E-state index < -0.39 is 17.3 Å². The molecule has 7 nitrogen and oxygen atoms in total. The van der Waals surface area contributed by atoms with E-state index in [2.05, 4.69) is 15.5 Å². The number of hydrogen-bond acceptors (Lipinski definition) is 5. The number of carboxylic acids is 1. The van der Waals surface area contributed by atoms with E-state index >= 15 is 0 Å². The third kappa shape index (κ3) is 1.75. The number of carboxylic acid groups (broad SMARTS) is 1. The Balaban J connectivity index is 1.92. The van der Waals surface area contributed by atoms with Crippen LogP contribution in [0.4, 0.5) is 0 Å². The van der Waals surface area contributed by atoms with Crippen molar-refractivity contribution in [2.45, 2.75) is 26.3 Å². The van der Waals surface area contributed by atoms with Gasteiger partial charge in [0.25, 0.3) is 0 Å². The largest absolute Gasteiger partial charge is 0.480 e. The molecule has 0 saturated heterocycles. The van der Waals surface area contributed by atoms with Gasteiger partial charge in [-0.15, -0.1) is 0 Å². The molecule has 0 bridgehead atoms. The van der Waals surface area contributed by atoms with Crippen molar-refractivity contribution in [2.24, 2.45) is 5.41 Å². The molecule has 1 fully saturated rings. The smallest absolute Gasteiger partial charge is 0.319 e. The van der Waals surface area contributed by atoms with E-state index in [1.54, 1.807) is 6.92 Å². The number of carbonyl (C=O) groups excluding carboxylic acids is 1. The van der Waals surface area contributed by atoms with Crippen molar-refractivity contribution in [1.82, 2.24) is 15.5 Å². The first-order valence-electron chi connectivity index (χ1n) is 4.85. The topological polar surface area (TPSA) is 105 Å². The summed E-state index contributed by atoms with van der Waals surface area (Å²) in [6.45, 7) is 1.73. The van der Waals surface area contributed by atoms with Crippen LogP contribution in [0.2, 0.25) is 0 Å². The first-order chi connectivity index (χ1) is 7.54. The number of hydrogen-bond donors (Lipinski definition) is 2. The normalized spacial score (nSPS) is 16.8. The van der Waals surface area contributed by atoms with Crippen LogP contribution in [0.25, 0.3) is 0 Å². The Kier molecular flexibility index (Phi) is 2.37. The van der Waals surface area contributed by atoms with Gasteiger partial charge in [-0.1, -0.05) is 5.16 Å². The van der Waals surface area contributed by atoms with Crippen molar-refractivity contribution >= 4 is 11.9 Å². The monoisotopic (exact) mass is 225 g/mol. The lowest BCUT2D eigenvalue weighted by molar-refractivity contribution is -0.149. The van der Waals surface area contributed by atoms with E-state index in [1.165, 1.54) is 0 Å². The molecule has 0 aliphatic heterocycles. The van der Waals surface area contributed by atoms with E-state index in [0.717, 1.165) is 0 Å². The zero-order valence-electron chi connectivity index (χ0n) is 8.69. The van der Waals surface area contributed by atoms with Gasteiger partial charge in [0, 0.05) is 6.92 Å². The summed E-state index contributed by atoms with van der Waals surface area (Å²) in [7, 11) is 0. The molecule has 1 aromatic heterocycles. The molecule has 1 heterocycles. The molecule has 7 heteroatoms. The zero-order chi connectivity index (χ0) is 11.8. The number of nitrogens with zero attached hydrogens (tertiary/aromatic N) is 2. The summed E-state index contributed by atoms with van der Waals surface area (Å²) < 4.78 is 4.72. The van der Waals surface area contributed by atoms with Crippen LogP contribution < -0.4 is 5.32 Å². The van der Waals surface area contributed by atoms with Gasteiger partial charge in [-0.25, -0.2) is 0 Å². The van der Waals surface area contributed by atoms with E-state index in [1.807, 2.05) is 0 Å². The number of aromatic nitrogens is 2. The van der Waals surface area contributed by atoms with Gasteiger partial charge < -0.3 is 14.9 Å². The van der Waals surface area contributed by atoms with Gasteiger partial charge >= 0.3 is 5.97 Å². The molecule has 0 unspecified atom stereocenters. The summed E-state index contributed by atoms with van der Waals surface area (Å²) >= 11 is 0. The fourth-order valence-electron chi connectivity index (χ4n) is 1.40. The Labute approximate surface area is 90.8 Å². The number of aryl methyl sites for hydroxylation is 1. The van der Waals surface area contributed by atoms with Crippen LogP contribution in [-0.2, 0) is 16.1 Å². The third-order valence-corrected chi connectivity index (χ3v) is 2.57. The molecular weight excluding hydrogens is 214 g/mol. The summed E-state index contributed by atoms with van der Waals surface area (Å²) in [6, 6.07) is 0. The molecule has 0 aromatic carbocycles. The third-order valence-electron chi connectivity index (χ3n) is 2.57. The van der Waals surface area contributed by atoms with E-state index in [-0.39, 0.29) is 6.54 Å². The summed E-state index contributed by atoms with van der Waals surface area (Å²) in [6.07, 6.45) is 0.777. The molecule has 2 N–H and O–H groups in total. The Bertz CT molecular complexity index is 436. The Morgan fingerprint density at radius 1 is 1.56 bits per heavy atom. The molecule has 0 spiro atoms. The SMILES string of the molecule is Cc1nc(CNC(=O)C2(C(=O)O)CC2)no1. The predicted octanol–water partition coefficient (Wildman–Crippen LogP) is -0.141. The number of rotatable bonds is 4. The molecule has 1 saturated carbocycles. The number of aliphatic carboxylic acids is 1. The maximum atomic E-state index is 11.6. The zero-order valence-corrected chi connectivity index (χ0v) is 8.69. The average molecular weight is 225 g/mol. The lowest BCUT2D eigenvalue weighted by atomic mass is 10.1. The predicted molar refractivity (Wildman–Crippen MR) is 50.2 cm³/mol. The number of amides is 1. The lowest BCUT2D eigenvalue weighted by Crippen LogP contribution is -2.36. The highest BCUT2D eigenvalue weighted by Gasteiger charge is 2.56. The van der Waals surface area contributed by atoms with Crippen molar-refractivity contribution in [3.8, 4) is 0 Å². The van der Waals surface area contributed by atoms with Gasteiger partial charge in [0.2, 0.25) is 11.8 Å². The maximum absolute atomic E-state index is 11.6. The van der Waals surface area contributed by atoms with E-state index in [0.29, 0.717) is 24.6 Å². The van der Waals surface area contributed by atoms with Crippen LogP contribution in [-0.4, -0.2) is 27.1 Å². The molecule has 1 amide bonds. The second-order valence-corrected chi connectivity index (χ2v) is 3.80. The van der Waals surface area contributed by atoms with Crippen molar-refractivity contribution < 1.29 is 19.2 Å². The minimum atomic E-state index is -1.22. The Morgan fingerprint density at radius 2 is 2.25 bits per heavy atom. The Morgan fingerprint density at radius 3 is 2.69 bits per heavy atom. The standard InChI is InChI=1S/C9H11N3O4/c1-5-11-6(12-16-5)4-10-7(13)9(2-3-9)8(14)15/h2-4H2,1H3,(H,10,13)(H,14,15). The van der Waals surface area contributed by atoms with Crippen LogP contribution >= 0.6 is 0 Å². The van der Waals surface area contributed by atoms with Crippen LogP contribution in [0.15, 0.2) is 4.52 Å². The molecule has 1 aliphatic rings. The number of carbonyl (C=O) groups is 2. The van der Waals surface area contributed by atoms with Crippen LogP contribution in [0.5, 0.6) is 0 Å². The minimum Gasteiger partial charge on any atom is -0.480 e. The molecule has 0 atom stereocenters. The molecular formula is C9H11N3O4. The molecule has 1 aromatic rings.